The minimum Gasteiger partial charge on any atom is -0.434 e. The third-order valence-electron chi connectivity index (χ3n) is 4.68. The number of aromatic amines is 1. The van der Waals surface area contributed by atoms with Crippen molar-refractivity contribution in [2.75, 3.05) is 6.61 Å². The Hall–Kier alpha value is -3.15. The normalized spacial score (nSPS) is 10.8. The van der Waals surface area contributed by atoms with Gasteiger partial charge in [-0.2, -0.15) is 0 Å². The summed E-state index contributed by atoms with van der Waals surface area (Å²) in [6.45, 7) is 2.57. The van der Waals surface area contributed by atoms with Crippen LogP contribution in [0.25, 0.3) is 22.2 Å². The van der Waals surface area contributed by atoms with Gasteiger partial charge >= 0.3 is 6.16 Å². The number of ether oxygens (including phenoxy) is 2. The van der Waals surface area contributed by atoms with Crippen molar-refractivity contribution in [2.45, 2.75) is 45.4 Å². The van der Waals surface area contributed by atoms with E-state index in [1.165, 1.54) is 37.9 Å². The number of fused-ring (bicyclic) bond motifs is 1. The molecule has 0 bridgehead atoms. The van der Waals surface area contributed by atoms with Gasteiger partial charge in [-0.15, -0.1) is 0 Å². The molecule has 0 aliphatic rings. The van der Waals surface area contributed by atoms with E-state index >= 15 is 0 Å². The SMILES string of the molecule is CCCCCCCCOC(=O)Oc1ccc2cc(-c3nccc(=O)[nH]3)ccc2c1. The van der Waals surface area contributed by atoms with Gasteiger partial charge in [0.05, 0.1) is 6.61 Å². The number of rotatable bonds is 9. The summed E-state index contributed by atoms with van der Waals surface area (Å²) in [6, 6.07) is 12.4. The molecule has 6 nitrogen and oxygen atoms in total. The Balaban J connectivity index is 1.55. The summed E-state index contributed by atoms with van der Waals surface area (Å²) in [5, 5.41) is 1.86. The van der Waals surface area contributed by atoms with Gasteiger partial charge in [-0.1, -0.05) is 57.2 Å². The van der Waals surface area contributed by atoms with Crippen LogP contribution in [0, 0.1) is 0 Å². The molecule has 0 saturated heterocycles. The Kier molecular flexibility index (Phi) is 7.39. The summed E-state index contributed by atoms with van der Waals surface area (Å²) in [5.41, 5.74) is 0.612. The number of nitrogens with zero attached hydrogens (tertiary/aromatic N) is 1. The van der Waals surface area contributed by atoms with Crippen LogP contribution in [-0.2, 0) is 4.74 Å². The molecule has 29 heavy (non-hydrogen) atoms. The lowest BCUT2D eigenvalue weighted by molar-refractivity contribution is 0.0973. The fourth-order valence-corrected chi connectivity index (χ4v) is 3.12. The third-order valence-corrected chi connectivity index (χ3v) is 4.68. The first-order chi connectivity index (χ1) is 14.2. The Bertz CT molecular complexity index is 1010. The summed E-state index contributed by atoms with van der Waals surface area (Å²) >= 11 is 0. The van der Waals surface area contributed by atoms with Gasteiger partial charge < -0.3 is 14.5 Å². The maximum atomic E-state index is 11.9. The minimum absolute atomic E-state index is 0.196. The molecule has 6 heteroatoms. The molecule has 3 rings (SSSR count). The van der Waals surface area contributed by atoms with Crippen LogP contribution in [0.2, 0.25) is 0 Å². The van der Waals surface area contributed by atoms with Crippen LogP contribution in [0.5, 0.6) is 5.75 Å². The molecule has 1 N–H and O–H groups in total. The van der Waals surface area contributed by atoms with Gasteiger partial charge in [0, 0.05) is 17.8 Å². The molecule has 0 amide bonds. The Morgan fingerprint density at radius 3 is 2.55 bits per heavy atom. The van der Waals surface area contributed by atoms with E-state index in [2.05, 4.69) is 16.9 Å². The van der Waals surface area contributed by atoms with Gasteiger partial charge in [-0.05, 0) is 35.4 Å². The maximum absolute atomic E-state index is 11.9. The zero-order valence-electron chi connectivity index (χ0n) is 16.6. The van der Waals surface area contributed by atoms with Crippen molar-refractivity contribution in [1.29, 1.82) is 0 Å². The topological polar surface area (TPSA) is 81.3 Å². The molecule has 0 radical (unpaired) electrons. The quantitative estimate of drug-likeness (QED) is 0.296. The molecule has 2 aromatic carbocycles. The number of aromatic nitrogens is 2. The van der Waals surface area contributed by atoms with Crippen molar-refractivity contribution in [3.05, 3.63) is 59.0 Å². The average molecular weight is 394 g/mol. The van der Waals surface area contributed by atoms with Crippen LogP contribution in [0.1, 0.15) is 45.4 Å². The van der Waals surface area contributed by atoms with Gasteiger partial charge in [0.25, 0.3) is 5.56 Å². The number of unbranched alkanes of at least 4 members (excludes halogenated alkanes) is 5. The third kappa shape index (κ3) is 6.17. The van der Waals surface area contributed by atoms with E-state index in [4.69, 9.17) is 9.47 Å². The number of carbonyl (C=O) groups is 1. The first-order valence-electron chi connectivity index (χ1n) is 10.1. The van der Waals surface area contributed by atoms with E-state index in [9.17, 15) is 9.59 Å². The predicted octanol–water partition coefficient (Wildman–Crippen LogP) is 5.47. The van der Waals surface area contributed by atoms with Gasteiger partial charge in [-0.25, -0.2) is 9.78 Å². The van der Waals surface area contributed by atoms with Gasteiger partial charge in [0.2, 0.25) is 0 Å². The highest BCUT2D eigenvalue weighted by molar-refractivity contribution is 5.88. The second-order valence-corrected chi connectivity index (χ2v) is 6.97. The van der Waals surface area contributed by atoms with Gasteiger partial charge in [-0.3, -0.25) is 4.79 Å². The van der Waals surface area contributed by atoms with Crippen LogP contribution in [0.4, 0.5) is 4.79 Å². The molecule has 0 aliphatic heterocycles. The molecule has 3 aromatic rings. The van der Waals surface area contributed by atoms with E-state index in [0.717, 1.165) is 29.2 Å². The van der Waals surface area contributed by atoms with Crippen molar-refractivity contribution in [2.24, 2.45) is 0 Å². The Morgan fingerprint density at radius 1 is 0.966 bits per heavy atom. The highest BCUT2D eigenvalue weighted by Crippen LogP contribution is 2.25. The largest absolute Gasteiger partial charge is 0.513 e. The number of nitrogens with one attached hydrogen (secondary N) is 1. The monoisotopic (exact) mass is 394 g/mol. The number of hydrogen-bond donors (Lipinski definition) is 1. The highest BCUT2D eigenvalue weighted by Gasteiger charge is 2.08. The molecular formula is C23H26N2O4. The van der Waals surface area contributed by atoms with Crippen LogP contribution in [-0.4, -0.2) is 22.7 Å². The van der Waals surface area contributed by atoms with Crippen molar-refractivity contribution in [1.82, 2.24) is 9.97 Å². The molecular weight excluding hydrogens is 368 g/mol. The minimum atomic E-state index is -0.680. The summed E-state index contributed by atoms with van der Waals surface area (Å²) in [6.07, 6.45) is 7.60. The average Bonchev–Trinajstić information content (AvgIpc) is 2.72. The second-order valence-electron chi connectivity index (χ2n) is 6.97. The number of H-pyrrole nitrogens is 1. The van der Waals surface area contributed by atoms with Crippen molar-refractivity contribution in [3.8, 4) is 17.1 Å². The summed E-state index contributed by atoms with van der Waals surface area (Å²) < 4.78 is 10.4. The van der Waals surface area contributed by atoms with Crippen LogP contribution in [0.3, 0.4) is 0 Å². The number of benzene rings is 2. The molecule has 1 heterocycles. The zero-order valence-corrected chi connectivity index (χ0v) is 16.6. The Morgan fingerprint density at radius 2 is 1.72 bits per heavy atom. The first kappa shape index (κ1) is 20.6. The number of hydrogen-bond acceptors (Lipinski definition) is 5. The van der Waals surface area contributed by atoms with E-state index in [1.807, 2.05) is 24.3 Å². The molecule has 0 fully saturated rings. The Labute approximate surface area is 169 Å². The van der Waals surface area contributed by atoms with Gasteiger partial charge in [0.15, 0.2) is 0 Å². The zero-order chi connectivity index (χ0) is 20.5. The van der Waals surface area contributed by atoms with E-state index in [0.29, 0.717) is 18.2 Å². The molecule has 1 aromatic heterocycles. The summed E-state index contributed by atoms with van der Waals surface area (Å²) in [5.74, 6) is 0.947. The molecule has 0 aliphatic carbocycles. The van der Waals surface area contributed by atoms with Crippen molar-refractivity contribution in [3.63, 3.8) is 0 Å². The second kappa shape index (κ2) is 10.4. The van der Waals surface area contributed by atoms with E-state index in [-0.39, 0.29) is 5.56 Å². The van der Waals surface area contributed by atoms with E-state index < -0.39 is 6.16 Å². The maximum Gasteiger partial charge on any atom is 0.513 e. The summed E-state index contributed by atoms with van der Waals surface area (Å²) in [7, 11) is 0. The van der Waals surface area contributed by atoms with Crippen molar-refractivity contribution < 1.29 is 14.3 Å². The van der Waals surface area contributed by atoms with Gasteiger partial charge in [0.1, 0.15) is 11.6 Å². The van der Waals surface area contributed by atoms with Crippen LogP contribution in [0.15, 0.2) is 53.5 Å². The number of carbonyl (C=O) groups excluding carboxylic acids is 1. The lowest BCUT2D eigenvalue weighted by atomic mass is 10.1. The molecule has 0 unspecified atom stereocenters. The predicted molar refractivity (Wildman–Crippen MR) is 113 cm³/mol. The fourth-order valence-electron chi connectivity index (χ4n) is 3.12. The molecule has 0 atom stereocenters. The lowest BCUT2D eigenvalue weighted by Crippen LogP contribution is -2.11. The standard InChI is InChI=1S/C23H26N2O4/c1-2-3-4-5-6-7-14-28-23(27)29-20-11-10-17-15-19(9-8-18(17)16-20)22-24-13-12-21(26)25-22/h8-13,15-16H,2-7,14H2,1H3,(H,24,25,26). The van der Waals surface area contributed by atoms with Crippen LogP contribution >= 0.6 is 0 Å². The van der Waals surface area contributed by atoms with E-state index in [1.54, 1.807) is 12.1 Å². The highest BCUT2D eigenvalue weighted by atomic mass is 16.7. The molecule has 0 spiro atoms. The smallest absolute Gasteiger partial charge is 0.434 e. The van der Waals surface area contributed by atoms with Crippen LogP contribution < -0.4 is 10.3 Å². The lowest BCUT2D eigenvalue weighted by Gasteiger charge is -2.08. The molecule has 0 saturated carbocycles. The van der Waals surface area contributed by atoms with Crippen molar-refractivity contribution >= 4 is 16.9 Å². The summed E-state index contributed by atoms with van der Waals surface area (Å²) in [4.78, 5) is 30.2. The molecule has 152 valence electrons. The fraction of sp³-hybridized carbons (Fsp3) is 0.348. The first-order valence-corrected chi connectivity index (χ1v) is 10.1.